The first-order valence-corrected chi connectivity index (χ1v) is 6.96. The quantitative estimate of drug-likeness (QED) is 0.829. The maximum Gasteiger partial charge on any atom is 0.228 e. The van der Waals surface area contributed by atoms with E-state index in [1.165, 1.54) is 0 Å². The SMILES string of the molecule is CCOc1ccc(CC(=O)Nc2cc(N)ccc2C)cc1. The smallest absolute Gasteiger partial charge is 0.228 e. The zero-order chi connectivity index (χ0) is 15.2. The summed E-state index contributed by atoms with van der Waals surface area (Å²) >= 11 is 0. The summed E-state index contributed by atoms with van der Waals surface area (Å²) in [7, 11) is 0. The number of nitrogen functional groups attached to an aromatic ring is 1. The largest absolute Gasteiger partial charge is 0.494 e. The third-order valence-electron chi connectivity index (χ3n) is 3.13. The van der Waals surface area contributed by atoms with Gasteiger partial charge >= 0.3 is 0 Å². The zero-order valence-corrected chi connectivity index (χ0v) is 12.3. The van der Waals surface area contributed by atoms with Crippen molar-refractivity contribution in [3.05, 3.63) is 53.6 Å². The molecule has 0 unspecified atom stereocenters. The van der Waals surface area contributed by atoms with Crippen LogP contribution in [0.5, 0.6) is 5.75 Å². The van der Waals surface area contributed by atoms with Gasteiger partial charge in [-0.25, -0.2) is 0 Å². The third-order valence-corrected chi connectivity index (χ3v) is 3.13. The molecule has 4 heteroatoms. The summed E-state index contributed by atoms with van der Waals surface area (Å²) in [4.78, 5) is 12.1. The minimum atomic E-state index is -0.0622. The van der Waals surface area contributed by atoms with Crippen LogP contribution in [0.25, 0.3) is 0 Å². The van der Waals surface area contributed by atoms with Gasteiger partial charge in [0.2, 0.25) is 5.91 Å². The second-order valence-corrected chi connectivity index (χ2v) is 4.88. The van der Waals surface area contributed by atoms with Gasteiger partial charge in [0.25, 0.3) is 0 Å². The fourth-order valence-corrected chi connectivity index (χ4v) is 2.02. The number of nitrogens with two attached hydrogens (primary N) is 1. The number of amides is 1. The average molecular weight is 284 g/mol. The number of ether oxygens (including phenoxy) is 1. The van der Waals surface area contributed by atoms with Crippen molar-refractivity contribution in [3.63, 3.8) is 0 Å². The summed E-state index contributed by atoms with van der Waals surface area (Å²) in [6, 6.07) is 13.0. The molecule has 0 radical (unpaired) electrons. The fraction of sp³-hybridized carbons (Fsp3) is 0.235. The molecule has 0 atom stereocenters. The molecule has 0 heterocycles. The van der Waals surface area contributed by atoms with E-state index in [-0.39, 0.29) is 5.91 Å². The molecule has 0 aromatic heterocycles. The van der Waals surface area contributed by atoms with Crippen LogP contribution in [0.2, 0.25) is 0 Å². The van der Waals surface area contributed by atoms with E-state index in [1.54, 1.807) is 6.07 Å². The number of hydrogen-bond donors (Lipinski definition) is 2. The van der Waals surface area contributed by atoms with E-state index < -0.39 is 0 Å². The van der Waals surface area contributed by atoms with Crippen LogP contribution in [0.15, 0.2) is 42.5 Å². The van der Waals surface area contributed by atoms with E-state index in [0.717, 1.165) is 22.6 Å². The van der Waals surface area contributed by atoms with E-state index in [4.69, 9.17) is 10.5 Å². The molecular formula is C17H20N2O2. The Morgan fingerprint density at radius 2 is 1.90 bits per heavy atom. The van der Waals surface area contributed by atoms with Crippen LogP contribution >= 0.6 is 0 Å². The summed E-state index contributed by atoms with van der Waals surface area (Å²) in [5.74, 6) is 0.751. The lowest BCUT2D eigenvalue weighted by Crippen LogP contribution is -2.15. The van der Waals surface area contributed by atoms with E-state index in [2.05, 4.69) is 5.32 Å². The minimum Gasteiger partial charge on any atom is -0.494 e. The van der Waals surface area contributed by atoms with Crippen molar-refractivity contribution in [1.82, 2.24) is 0 Å². The molecule has 0 saturated heterocycles. The Morgan fingerprint density at radius 1 is 1.19 bits per heavy atom. The summed E-state index contributed by atoms with van der Waals surface area (Å²) in [5.41, 5.74) is 9.06. The van der Waals surface area contributed by atoms with Gasteiger partial charge in [-0.05, 0) is 49.2 Å². The number of aryl methyl sites for hydroxylation is 1. The molecule has 0 spiro atoms. The highest BCUT2D eigenvalue weighted by Crippen LogP contribution is 2.19. The van der Waals surface area contributed by atoms with Gasteiger partial charge in [0.05, 0.1) is 13.0 Å². The molecule has 110 valence electrons. The second kappa shape index (κ2) is 6.79. The third kappa shape index (κ3) is 4.24. The maximum atomic E-state index is 12.1. The van der Waals surface area contributed by atoms with Crippen LogP contribution in [-0.4, -0.2) is 12.5 Å². The summed E-state index contributed by atoms with van der Waals surface area (Å²) in [6.45, 7) is 4.51. The second-order valence-electron chi connectivity index (χ2n) is 4.88. The number of anilines is 2. The van der Waals surface area contributed by atoms with Gasteiger partial charge in [-0.15, -0.1) is 0 Å². The van der Waals surface area contributed by atoms with Crippen molar-refractivity contribution in [1.29, 1.82) is 0 Å². The number of hydrogen-bond acceptors (Lipinski definition) is 3. The van der Waals surface area contributed by atoms with Gasteiger partial charge in [0.1, 0.15) is 5.75 Å². The molecule has 2 rings (SSSR count). The Kier molecular flexibility index (Phi) is 4.82. The number of carbonyl (C=O) groups is 1. The molecule has 2 aromatic carbocycles. The number of carbonyl (C=O) groups excluding carboxylic acids is 1. The normalized spacial score (nSPS) is 10.2. The van der Waals surface area contributed by atoms with Crippen LogP contribution in [0, 0.1) is 6.92 Å². The molecule has 2 aromatic rings. The van der Waals surface area contributed by atoms with Crippen molar-refractivity contribution in [3.8, 4) is 5.75 Å². The van der Waals surface area contributed by atoms with Gasteiger partial charge in [-0.1, -0.05) is 18.2 Å². The molecule has 0 aliphatic rings. The van der Waals surface area contributed by atoms with Crippen molar-refractivity contribution in [2.24, 2.45) is 0 Å². The Morgan fingerprint density at radius 3 is 2.57 bits per heavy atom. The standard InChI is InChI=1S/C17H20N2O2/c1-3-21-15-8-5-13(6-9-15)10-17(20)19-16-11-14(18)7-4-12(16)2/h4-9,11H,3,10,18H2,1-2H3,(H,19,20). The molecule has 0 bridgehead atoms. The first-order valence-electron chi connectivity index (χ1n) is 6.96. The van der Waals surface area contributed by atoms with Crippen LogP contribution < -0.4 is 15.8 Å². The van der Waals surface area contributed by atoms with E-state index in [1.807, 2.05) is 50.2 Å². The summed E-state index contributed by atoms with van der Waals surface area (Å²) < 4.78 is 5.38. The lowest BCUT2D eigenvalue weighted by atomic mass is 10.1. The van der Waals surface area contributed by atoms with Crippen LogP contribution in [0.3, 0.4) is 0 Å². The highest BCUT2D eigenvalue weighted by molar-refractivity contribution is 5.93. The predicted molar refractivity (Wildman–Crippen MR) is 85.5 cm³/mol. The van der Waals surface area contributed by atoms with Crippen LogP contribution in [-0.2, 0) is 11.2 Å². The van der Waals surface area contributed by atoms with Gasteiger partial charge < -0.3 is 15.8 Å². The molecule has 1 amide bonds. The molecule has 0 saturated carbocycles. The molecule has 3 N–H and O–H groups in total. The Hall–Kier alpha value is -2.49. The highest BCUT2D eigenvalue weighted by atomic mass is 16.5. The molecule has 0 aliphatic carbocycles. The minimum absolute atomic E-state index is 0.0622. The first kappa shape index (κ1) is 14.9. The van der Waals surface area contributed by atoms with Gasteiger partial charge in [0.15, 0.2) is 0 Å². The van der Waals surface area contributed by atoms with Crippen molar-refractivity contribution in [2.75, 3.05) is 17.7 Å². The number of rotatable bonds is 5. The van der Waals surface area contributed by atoms with Crippen molar-refractivity contribution in [2.45, 2.75) is 20.3 Å². The van der Waals surface area contributed by atoms with Crippen LogP contribution in [0.4, 0.5) is 11.4 Å². The Bertz CT molecular complexity index is 621. The lowest BCUT2D eigenvalue weighted by Gasteiger charge is -2.09. The Balaban J connectivity index is 1.99. The zero-order valence-electron chi connectivity index (χ0n) is 12.3. The van der Waals surface area contributed by atoms with E-state index in [9.17, 15) is 4.79 Å². The highest BCUT2D eigenvalue weighted by Gasteiger charge is 2.06. The average Bonchev–Trinajstić information content (AvgIpc) is 2.45. The molecule has 0 fully saturated rings. The first-order chi connectivity index (χ1) is 10.1. The maximum absolute atomic E-state index is 12.1. The monoisotopic (exact) mass is 284 g/mol. The molecule has 21 heavy (non-hydrogen) atoms. The van der Waals surface area contributed by atoms with Crippen molar-refractivity contribution < 1.29 is 9.53 Å². The van der Waals surface area contributed by atoms with E-state index >= 15 is 0 Å². The van der Waals surface area contributed by atoms with Crippen LogP contribution in [0.1, 0.15) is 18.1 Å². The Labute approximate surface area is 124 Å². The number of benzene rings is 2. The number of nitrogens with one attached hydrogen (secondary N) is 1. The fourth-order valence-electron chi connectivity index (χ4n) is 2.02. The van der Waals surface area contributed by atoms with E-state index in [0.29, 0.717) is 18.7 Å². The summed E-state index contributed by atoms with van der Waals surface area (Å²) in [6.07, 6.45) is 0.320. The lowest BCUT2D eigenvalue weighted by molar-refractivity contribution is -0.115. The molecular weight excluding hydrogens is 264 g/mol. The summed E-state index contributed by atoms with van der Waals surface area (Å²) in [5, 5.41) is 2.89. The van der Waals surface area contributed by atoms with Gasteiger partial charge in [-0.3, -0.25) is 4.79 Å². The molecule has 0 aliphatic heterocycles. The molecule has 4 nitrogen and oxygen atoms in total. The topological polar surface area (TPSA) is 64.3 Å². The van der Waals surface area contributed by atoms with Crippen molar-refractivity contribution >= 4 is 17.3 Å². The van der Waals surface area contributed by atoms with Gasteiger partial charge in [-0.2, -0.15) is 0 Å². The van der Waals surface area contributed by atoms with Gasteiger partial charge in [0, 0.05) is 11.4 Å². The predicted octanol–water partition coefficient (Wildman–Crippen LogP) is 3.16.